The van der Waals surface area contributed by atoms with Crippen LogP contribution in [-0.2, 0) is 13.0 Å². The monoisotopic (exact) mass is 313 g/mol. The number of piperidine rings is 1. The van der Waals surface area contributed by atoms with Crippen molar-refractivity contribution in [3.63, 3.8) is 0 Å². The number of fused-ring (bicyclic) bond motifs is 1. The van der Waals surface area contributed by atoms with Gasteiger partial charge in [-0.25, -0.2) is 9.97 Å². The highest BCUT2D eigenvalue weighted by molar-refractivity contribution is 5.71. The van der Waals surface area contributed by atoms with Crippen LogP contribution in [0, 0.1) is 0 Å². The van der Waals surface area contributed by atoms with Crippen LogP contribution in [0.2, 0.25) is 0 Å². The van der Waals surface area contributed by atoms with Crippen LogP contribution < -0.4 is 5.32 Å². The van der Waals surface area contributed by atoms with Gasteiger partial charge < -0.3 is 14.8 Å². The predicted octanol–water partition coefficient (Wildman–Crippen LogP) is 2.21. The Labute approximate surface area is 138 Å². The molecule has 2 fully saturated rings. The largest absolute Gasteiger partial charge is 0.312 e. The van der Waals surface area contributed by atoms with Crippen LogP contribution in [0.5, 0.6) is 0 Å². The number of aromatic nitrogens is 3. The molecule has 5 nitrogen and oxygen atoms in total. The van der Waals surface area contributed by atoms with E-state index in [1.807, 2.05) is 12.3 Å². The first-order chi connectivity index (χ1) is 11.3. The molecule has 0 bridgehead atoms. The van der Waals surface area contributed by atoms with E-state index in [1.54, 1.807) is 0 Å². The summed E-state index contributed by atoms with van der Waals surface area (Å²) < 4.78 is 2.38. The van der Waals surface area contributed by atoms with Gasteiger partial charge in [0.1, 0.15) is 11.3 Å². The maximum absolute atomic E-state index is 4.92. The van der Waals surface area contributed by atoms with Crippen molar-refractivity contribution < 1.29 is 0 Å². The fourth-order valence-electron chi connectivity index (χ4n) is 4.10. The van der Waals surface area contributed by atoms with Crippen LogP contribution in [0.25, 0.3) is 11.2 Å². The third-order valence-corrected chi connectivity index (χ3v) is 5.49. The summed E-state index contributed by atoms with van der Waals surface area (Å²) in [5.74, 6) is 1.21. The molecule has 5 heteroatoms. The van der Waals surface area contributed by atoms with Gasteiger partial charge in [-0.15, -0.1) is 0 Å². The molecular weight excluding hydrogens is 286 g/mol. The molecule has 124 valence electrons. The number of pyridine rings is 1. The molecule has 0 radical (unpaired) electrons. The zero-order valence-corrected chi connectivity index (χ0v) is 14.0. The summed E-state index contributed by atoms with van der Waals surface area (Å²) in [7, 11) is 2.24. The summed E-state index contributed by atoms with van der Waals surface area (Å²) in [5.41, 5.74) is 2.09. The molecular formula is C18H27N5. The van der Waals surface area contributed by atoms with E-state index in [0.717, 1.165) is 30.7 Å². The lowest BCUT2D eigenvalue weighted by atomic mass is 10.0. The average molecular weight is 313 g/mol. The molecule has 0 saturated carbocycles. The molecule has 0 amide bonds. The van der Waals surface area contributed by atoms with E-state index in [2.05, 4.69) is 32.9 Å². The Morgan fingerprint density at radius 2 is 2.22 bits per heavy atom. The van der Waals surface area contributed by atoms with Gasteiger partial charge in [0, 0.05) is 31.2 Å². The highest BCUT2D eigenvalue weighted by Crippen LogP contribution is 2.22. The summed E-state index contributed by atoms with van der Waals surface area (Å²) >= 11 is 0. The molecule has 0 spiro atoms. The van der Waals surface area contributed by atoms with Crippen molar-refractivity contribution in [1.29, 1.82) is 0 Å². The first kappa shape index (κ1) is 15.1. The van der Waals surface area contributed by atoms with Crippen LogP contribution in [0.1, 0.15) is 37.9 Å². The number of hydrogen-bond donors (Lipinski definition) is 1. The second-order valence-electron chi connectivity index (χ2n) is 7.11. The fourth-order valence-corrected chi connectivity index (χ4v) is 4.10. The Kier molecular flexibility index (Phi) is 4.31. The number of likely N-dealkylation sites (tertiary alicyclic amines) is 1. The molecule has 1 N–H and O–H groups in total. The smallest absolute Gasteiger partial charge is 0.160 e. The first-order valence-electron chi connectivity index (χ1n) is 9.05. The highest BCUT2D eigenvalue weighted by Gasteiger charge is 2.25. The van der Waals surface area contributed by atoms with E-state index in [9.17, 15) is 0 Å². The highest BCUT2D eigenvalue weighted by atomic mass is 15.2. The molecule has 2 saturated heterocycles. The predicted molar refractivity (Wildman–Crippen MR) is 92.5 cm³/mol. The molecule has 23 heavy (non-hydrogen) atoms. The maximum Gasteiger partial charge on any atom is 0.160 e. The molecule has 2 aromatic rings. The van der Waals surface area contributed by atoms with Gasteiger partial charge >= 0.3 is 0 Å². The summed E-state index contributed by atoms with van der Waals surface area (Å²) in [6.45, 7) is 3.36. The topological polar surface area (TPSA) is 46.0 Å². The van der Waals surface area contributed by atoms with E-state index in [1.165, 1.54) is 44.5 Å². The van der Waals surface area contributed by atoms with Gasteiger partial charge in [0.25, 0.3) is 0 Å². The van der Waals surface area contributed by atoms with Crippen LogP contribution in [-0.4, -0.2) is 51.7 Å². The Bertz CT molecular complexity index is 658. The molecule has 0 aliphatic carbocycles. The van der Waals surface area contributed by atoms with Crippen LogP contribution in [0.4, 0.5) is 0 Å². The Morgan fingerprint density at radius 3 is 3.00 bits per heavy atom. The standard InChI is InChI=1S/C18H27N5/c1-22-11-5-7-15(22)12-17-21-16-8-4-10-20-18(16)23(17)13-14-6-2-3-9-19-14/h4,8,10,14-15,19H,2-3,5-7,9,11-13H2,1H3. The Balaban J connectivity index is 1.63. The molecule has 2 aliphatic rings. The number of hydrogen-bond acceptors (Lipinski definition) is 4. The quantitative estimate of drug-likeness (QED) is 0.940. The first-order valence-corrected chi connectivity index (χ1v) is 9.05. The molecule has 0 aromatic carbocycles. The molecule has 2 aliphatic heterocycles. The van der Waals surface area contributed by atoms with Crippen LogP contribution in [0.3, 0.4) is 0 Å². The lowest BCUT2D eigenvalue weighted by molar-refractivity contribution is 0.300. The van der Waals surface area contributed by atoms with E-state index in [0.29, 0.717) is 12.1 Å². The van der Waals surface area contributed by atoms with E-state index in [-0.39, 0.29) is 0 Å². The van der Waals surface area contributed by atoms with E-state index >= 15 is 0 Å². The lowest BCUT2D eigenvalue weighted by Gasteiger charge is -2.25. The van der Waals surface area contributed by atoms with Crippen molar-refractivity contribution in [1.82, 2.24) is 24.8 Å². The molecule has 4 rings (SSSR count). The van der Waals surface area contributed by atoms with Gasteiger partial charge in [-0.1, -0.05) is 6.42 Å². The third-order valence-electron chi connectivity index (χ3n) is 5.49. The second kappa shape index (κ2) is 6.57. The van der Waals surface area contributed by atoms with Crippen molar-refractivity contribution in [3.8, 4) is 0 Å². The van der Waals surface area contributed by atoms with Crippen molar-refractivity contribution in [3.05, 3.63) is 24.2 Å². The number of nitrogens with one attached hydrogen (secondary N) is 1. The van der Waals surface area contributed by atoms with Gasteiger partial charge in [0.05, 0.1) is 0 Å². The lowest BCUT2D eigenvalue weighted by Crippen LogP contribution is -2.38. The van der Waals surface area contributed by atoms with Crippen molar-refractivity contribution in [2.75, 3.05) is 20.1 Å². The van der Waals surface area contributed by atoms with Gasteiger partial charge in [-0.3, -0.25) is 0 Å². The van der Waals surface area contributed by atoms with Crippen molar-refractivity contribution in [2.24, 2.45) is 0 Å². The third kappa shape index (κ3) is 3.12. The Morgan fingerprint density at radius 1 is 1.26 bits per heavy atom. The maximum atomic E-state index is 4.92. The normalized spacial score (nSPS) is 26.1. The summed E-state index contributed by atoms with van der Waals surface area (Å²) in [6, 6.07) is 5.27. The molecule has 2 aromatic heterocycles. The number of nitrogens with zero attached hydrogens (tertiary/aromatic N) is 4. The number of imidazole rings is 1. The fraction of sp³-hybridized carbons (Fsp3) is 0.667. The number of rotatable bonds is 4. The van der Waals surface area contributed by atoms with Crippen LogP contribution >= 0.6 is 0 Å². The van der Waals surface area contributed by atoms with Crippen molar-refractivity contribution >= 4 is 11.2 Å². The van der Waals surface area contributed by atoms with Gasteiger partial charge in [-0.2, -0.15) is 0 Å². The Hall–Kier alpha value is -1.46. The van der Waals surface area contributed by atoms with Crippen LogP contribution in [0.15, 0.2) is 18.3 Å². The summed E-state index contributed by atoms with van der Waals surface area (Å²) in [6.07, 6.45) is 9.42. The minimum Gasteiger partial charge on any atom is -0.312 e. The zero-order valence-electron chi connectivity index (χ0n) is 14.0. The van der Waals surface area contributed by atoms with Gasteiger partial charge in [0.2, 0.25) is 0 Å². The SMILES string of the molecule is CN1CCCC1Cc1nc2cccnc2n1CC1CCCCN1. The van der Waals surface area contributed by atoms with Crippen molar-refractivity contribution in [2.45, 2.75) is 57.2 Å². The zero-order chi connectivity index (χ0) is 15.6. The van der Waals surface area contributed by atoms with E-state index < -0.39 is 0 Å². The molecule has 2 atom stereocenters. The molecule has 4 heterocycles. The summed E-state index contributed by atoms with van der Waals surface area (Å²) in [4.78, 5) is 12.0. The van der Waals surface area contributed by atoms with Gasteiger partial charge in [0.15, 0.2) is 5.65 Å². The summed E-state index contributed by atoms with van der Waals surface area (Å²) in [5, 5.41) is 3.66. The minimum atomic E-state index is 0.559. The average Bonchev–Trinajstić information content (AvgIpc) is 3.13. The number of likely N-dealkylation sites (N-methyl/N-ethyl adjacent to an activating group) is 1. The van der Waals surface area contributed by atoms with E-state index in [4.69, 9.17) is 4.98 Å². The van der Waals surface area contributed by atoms with Gasteiger partial charge in [-0.05, 0) is 58.0 Å². The minimum absolute atomic E-state index is 0.559. The molecule has 2 unspecified atom stereocenters. The second-order valence-corrected chi connectivity index (χ2v) is 7.11.